The van der Waals surface area contributed by atoms with Crippen LogP contribution in [-0.2, 0) is 4.79 Å². The number of aromatic nitrogens is 3. The average Bonchev–Trinajstić information content (AvgIpc) is 3.49. The second-order valence-corrected chi connectivity index (χ2v) is 9.59. The Balaban J connectivity index is 1.30. The summed E-state index contributed by atoms with van der Waals surface area (Å²) in [6.07, 6.45) is 2.33. The van der Waals surface area contributed by atoms with Gasteiger partial charge in [-0.1, -0.05) is 18.2 Å². The van der Waals surface area contributed by atoms with Gasteiger partial charge in [0.25, 0.3) is 11.8 Å². The minimum Gasteiger partial charge on any atom is -0.352 e. The second-order valence-electron chi connectivity index (χ2n) is 8.81. The highest BCUT2D eigenvalue weighted by atomic mass is 32.1. The van der Waals surface area contributed by atoms with Crippen LogP contribution < -0.4 is 16.0 Å². The van der Waals surface area contributed by atoms with E-state index < -0.39 is 0 Å². The van der Waals surface area contributed by atoms with Crippen LogP contribution >= 0.6 is 11.5 Å². The van der Waals surface area contributed by atoms with E-state index in [4.69, 9.17) is 0 Å². The number of fused-ring (bicyclic) bond motifs is 1. The van der Waals surface area contributed by atoms with Crippen molar-refractivity contribution >= 4 is 56.8 Å². The van der Waals surface area contributed by atoms with Crippen LogP contribution in [0.25, 0.3) is 11.0 Å². The van der Waals surface area contributed by atoms with Gasteiger partial charge in [0, 0.05) is 37.3 Å². The molecule has 37 heavy (non-hydrogen) atoms. The molecule has 0 radical (unpaired) electrons. The molecule has 1 unspecified atom stereocenters. The van der Waals surface area contributed by atoms with Gasteiger partial charge >= 0.3 is 0 Å². The van der Waals surface area contributed by atoms with E-state index in [0.29, 0.717) is 52.8 Å². The lowest BCUT2D eigenvalue weighted by molar-refractivity contribution is -0.119. The molecule has 3 heterocycles. The fourth-order valence-corrected chi connectivity index (χ4v) is 5.11. The molecule has 1 atom stereocenters. The molecule has 4 aromatic rings. The van der Waals surface area contributed by atoms with Gasteiger partial charge in [-0.25, -0.2) is 4.98 Å². The highest BCUT2D eigenvalue weighted by Crippen LogP contribution is 2.29. The van der Waals surface area contributed by atoms with Crippen LogP contribution in [-0.4, -0.2) is 56.1 Å². The molecule has 3 N–H and O–H groups in total. The Morgan fingerprint density at radius 3 is 2.70 bits per heavy atom. The molecule has 0 aliphatic carbocycles. The van der Waals surface area contributed by atoms with Crippen molar-refractivity contribution in [2.45, 2.75) is 26.3 Å². The molecule has 1 saturated heterocycles. The molecule has 1 aliphatic rings. The third-order valence-corrected chi connectivity index (χ3v) is 6.88. The molecule has 1 aliphatic heterocycles. The second kappa shape index (κ2) is 10.3. The topological polar surface area (TPSA) is 129 Å². The Morgan fingerprint density at radius 1 is 1.08 bits per heavy atom. The van der Waals surface area contributed by atoms with E-state index in [-0.39, 0.29) is 23.8 Å². The van der Waals surface area contributed by atoms with Crippen LogP contribution in [0.1, 0.15) is 39.8 Å². The molecule has 2 aromatic heterocycles. The molecule has 3 amide bonds. The number of anilines is 3. The minimum absolute atomic E-state index is 0.0448. The predicted molar refractivity (Wildman–Crippen MR) is 142 cm³/mol. The first-order chi connectivity index (χ1) is 17.9. The molecule has 0 spiro atoms. The van der Waals surface area contributed by atoms with Crippen LogP contribution in [0.4, 0.5) is 16.5 Å². The minimum atomic E-state index is -0.348. The van der Waals surface area contributed by atoms with Gasteiger partial charge in [0.05, 0.1) is 28.5 Å². The SMILES string of the molecule is CC(=O)NC1CCN(C(=O)c2cccc(NC(=O)c3c(C)nsc3Nc3cnc4ccccc4n3)c2)C1. The molecule has 0 saturated carbocycles. The first-order valence-corrected chi connectivity index (χ1v) is 12.6. The van der Waals surface area contributed by atoms with E-state index in [2.05, 4.69) is 30.3 Å². The number of likely N-dealkylation sites (tertiary alicyclic amines) is 1. The smallest absolute Gasteiger partial charge is 0.260 e. The van der Waals surface area contributed by atoms with E-state index in [9.17, 15) is 14.4 Å². The molecule has 0 bridgehead atoms. The first kappa shape index (κ1) is 24.3. The zero-order chi connectivity index (χ0) is 25.9. The monoisotopic (exact) mass is 515 g/mol. The summed E-state index contributed by atoms with van der Waals surface area (Å²) in [7, 11) is 0. The number of para-hydroxylation sites is 2. The van der Waals surface area contributed by atoms with Crippen molar-refractivity contribution in [3.05, 3.63) is 71.5 Å². The highest BCUT2D eigenvalue weighted by Gasteiger charge is 2.27. The summed E-state index contributed by atoms with van der Waals surface area (Å²) in [5, 5.41) is 9.46. The normalized spacial score (nSPS) is 15.0. The molecule has 2 aromatic carbocycles. The summed E-state index contributed by atoms with van der Waals surface area (Å²) >= 11 is 1.16. The lowest BCUT2D eigenvalue weighted by atomic mass is 10.1. The summed E-state index contributed by atoms with van der Waals surface area (Å²) in [4.78, 5) is 48.3. The number of rotatable bonds is 6. The molecule has 11 heteroatoms. The van der Waals surface area contributed by atoms with E-state index in [1.165, 1.54) is 6.92 Å². The van der Waals surface area contributed by atoms with Crippen molar-refractivity contribution in [2.75, 3.05) is 23.7 Å². The molecule has 10 nitrogen and oxygen atoms in total. The van der Waals surface area contributed by atoms with Gasteiger partial charge in [-0.05, 0) is 55.2 Å². The lowest BCUT2D eigenvalue weighted by Crippen LogP contribution is -2.37. The van der Waals surface area contributed by atoms with E-state index in [1.54, 1.807) is 42.3 Å². The van der Waals surface area contributed by atoms with Gasteiger partial charge in [-0.15, -0.1) is 0 Å². The summed E-state index contributed by atoms with van der Waals surface area (Å²) in [5.41, 5.74) is 3.45. The average molecular weight is 516 g/mol. The van der Waals surface area contributed by atoms with Crippen LogP contribution in [0.3, 0.4) is 0 Å². The Labute approximate surface area is 217 Å². The maximum absolute atomic E-state index is 13.2. The van der Waals surface area contributed by atoms with Crippen LogP contribution in [0, 0.1) is 6.92 Å². The molecule has 1 fully saturated rings. The van der Waals surface area contributed by atoms with Crippen molar-refractivity contribution < 1.29 is 14.4 Å². The van der Waals surface area contributed by atoms with E-state index >= 15 is 0 Å². The fourth-order valence-electron chi connectivity index (χ4n) is 4.31. The molecular formula is C26H25N7O3S. The largest absolute Gasteiger partial charge is 0.352 e. The van der Waals surface area contributed by atoms with Gasteiger partial charge < -0.3 is 20.9 Å². The lowest BCUT2D eigenvalue weighted by Gasteiger charge is -2.17. The quantitative estimate of drug-likeness (QED) is 0.357. The van der Waals surface area contributed by atoms with Crippen molar-refractivity contribution in [3.8, 4) is 0 Å². The van der Waals surface area contributed by atoms with Crippen LogP contribution in [0.15, 0.2) is 54.7 Å². The number of nitrogens with zero attached hydrogens (tertiary/aromatic N) is 4. The predicted octanol–water partition coefficient (Wildman–Crippen LogP) is 3.74. The summed E-state index contributed by atoms with van der Waals surface area (Å²) in [6.45, 7) is 4.26. The number of hydrogen-bond donors (Lipinski definition) is 3. The van der Waals surface area contributed by atoms with Gasteiger partial charge in [-0.3, -0.25) is 19.4 Å². The number of aryl methyl sites for hydroxylation is 1. The zero-order valence-electron chi connectivity index (χ0n) is 20.3. The van der Waals surface area contributed by atoms with Crippen molar-refractivity contribution in [3.63, 3.8) is 0 Å². The maximum Gasteiger partial charge on any atom is 0.260 e. The van der Waals surface area contributed by atoms with Crippen LogP contribution in [0.5, 0.6) is 0 Å². The fraction of sp³-hybridized carbons (Fsp3) is 0.231. The molecule has 5 rings (SSSR count). The number of amides is 3. The summed E-state index contributed by atoms with van der Waals surface area (Å²) in [6, 6.07) is 14.3. The van der Waals surface area contributed by atoms with Crippen molar-refractivity contribution in [1.82, 2.24) is 24.6 Å². The standard InChI is InChI=1S/C26H25N7O3S/c1-15-23(25(37-32-15)31-22-13-27-20-8-3-4-9-21(20)30-22)24(35)29-18-7-5-6-17(12-18)26(36)33-11-10-19(14-33)28-16(2)34/h3-9,12-13,19H,10-11,14H2,1-2H3,(H,28,34)(H,29,35)(H,30,31). The first-order valence-electron chi connectivity index (χ1n) is 11.8. The van der Waals surface area contributed by atoms with E-state index in [1.807, 2.05) is 24.3 Å². The van der Waals surface area contributed by atoms with Gasteiger partial charge in [0.15, 0.2) is 0 Å². The van der Waals surface area contributed by atoms with Gasteiger partial charge in [-0.2, -0.15) is 4.37 Å². The molecular weight excluding hydrogens is 490 g/mol. The number of carbonyl (C=O) groups excluding carboxylic acids is 3. The van der Waals surface area contributed by atoms with Crippen LogP contribution in [0.2, 0.25) is 0 Å². The van der Waals surface area contributed by atoms with Crippen molar-refractivity contribution in [1.29, 1.82) is 0 Å². The Kier molecular flexibility index (Phi) is 6.78. The summed E-state index contributed by atoms with van der Waals surface area (Å²) in [5.74, 6) is -0.0931. The maximum atomic E-state index is 13.2. The third-order valence-electron chi connectivity index (χ3n) is 6.03. The Hall–Kier alpha value is -4.38. The van der Waals surface area contributed by atoms with E-state index in [0.717, 1.165) is 22.6 Å². The van der Waals surface area contributed by atoms with Crippen molar-refractivity contribution in [2.24, 2.45) is 0 Å². The molecule has 188 valence electrons. The Morgan fingerprint density at radius 2 is 1.89 bits per heavy atom. The highest BCUT2D eigenvalue weighted by molar-refractivity contribution is 7.10. The summed E-state index contributed by atoms with van der Waals surface area (Å²) < 4.78 is 4.34. The number of carbonyl (C=O) groups is 3. The third kappa shape index (κ3) is 5.41. The van der Waals surface area contributed by atoms with Gasteiger partial charge in [0.2, 0.25) is 5.91 Å². The number of nitrogens with one attached hydrogen (secondary N) is 3. The number of hydrogen-bond acceptors (Lipinski definition) is 8. The van der Waals surface area contributed by atoms with Gasteiger partial charge in [0.1, 0.15) is 10.8 Å². The Bertz CT molecular complexity index is 1500. The zero-order valence-corrected chi connectivity index (χ0v) is 21.1. The number of benzene rings is 2.